The average molecular weight is 374 g/mol. The highest BCUT2D eigenvalue weighted by Crippen LogP contribution is 2.24. The fourth-order valence-electron chi connectivity index (χ4n) is 3.46. The molecule has 2 heterocycles. The van der Waals surface area contributed by atoms with E-state index in [0.29, 0.717) is 43.2 Å². The zero-order valence-electron chi connectivity index (χ0n) is 15.9. The van der Waals surface area contributed by atoms with Gasteiger partial charge < -0.3 is 18.8 Å². The lowest BCUT2D eigenvalue weighted by atomic mass is 9.98. The first-order valence-corrected chi connectivity index (χ1v) is 9.47. The quantitative estimate of drug-likeness (QED) is 0.693. The molecule has 1 amide bonds. The van der Waals surface area contributed by atoms with Gasteiger partial charge in [-0.1, -0.05) is 0 Å². The van der Waals surface area contributed by atoms with Crippen molar-refractivity contribution in [2.45, 2.75) is 45.1 Å². The topological polar surface area (TPSA) is 81.9 Å². The second kappa shape index (κ2) is 8.99. The molecule has 2 aromatic rings. The minimum absolute atomic E-state index is 0.0826. The predicted octanol–water partition coefficient (Wildman–Crippen LogP) is 2.96. The normalized spacial score (nSPS) is 17.3. The minimum atomic E-state index is -0.254. The molecular formula is C20H26N2O5. The highest BCUT2D eigenvalue weighted by Gasteiger charge is 2.30. The zero-order chi connectivity index (χ0) is 19.2. The van der Waals surface area contributed by atoms with Crippen molar-refractivity contribution < 1.29 is 23.5 Å². The highest BCUT2D eigenvalue weighted by atomic mass is 16.5. The van der Waals surface area contributed by atoms with Gasteiger partial charge in [-0.25, -0.2) is 4.98 Å². The average Bonchev–Trinajstić information content (AvgIpc) is 3.08. The maximum Gasteiger partial charge on any atom is 0.307 e. The number of oxazole rings is 1. The molecule has 7 nitrogen and oxygen atoms in total. The molecule has 1 aromatic carbocycles. The van der Waals surface area contributed by atoms with Gasteiger partial charge in [0.25, 0.3) is 5.91 Å². The fourth-order valence-corrected chi connectivity index (χ4v) is 3.46. The van der Waals surface area contributed by atoms with Gasteiger partial charge in [-0.3, -0.25) is 9.59 Å². The summed E-state index contributed by atoms with van der Waals surface area (Å²) in [7, 11) is 1.63. The maximum absolute atomic E-state index is 13.1. The summed E-state index contributed by atoms with van der Waals surface area (Å²) in [5.41, 5.74) is 1.86. The van der Waals surface area contributed by atoms with Crippen LogP contribution in [-0.4, -0.2) is 54.7 Å². The summed E-state index contributed by atoms with van der Waals surface area (Å²) in [6.45, 7) is 3.32. The number of fused-ring (bicyclic) bond motifs is 1. The number of hydrogen-bond acceptors (Lipinski definition) is 6. The third-order valence-corrected chi connectivity index (χ3v) is 4.80. The molecule has 0 unspecified atom stereocenters. The van der Waals surface area contributed by atoms with E-state index >= 15 is 0 Å². The Morgan fingerprint density at radius 1 is 1.33 bits per heavy atom. The van der Waals surface area contributed by atoms with Crippen LogP contribution in [0.1, 0.15) is 48.9 Å². The number of methoxy groups -OCH3 is 1. The molecule has 1 aliphatic rings. The largest absolute Gasteiger partial charge is 0.466 e. The van der Waals surface area contributed by atoms with E-state index in [4.69, 9.17) is 13.9 Å². The molecule has 27 heavy (non-hydrogen) atoms. The SMILES string of the molecule is CCOC(=O)C[C@@H]1CCCCN1C(=O)c1ccc2nc(CCOC)oc2c1. The number of rotatable bonds is 7. The van der Waals surface area contributed by atoms with Gasteiger partial charge in [-0.2, -0.15) is 0 Å². The van der Waals surface area contributed by atoms with E-state index in [1.165, 1.54) is 0 Å². The van der Waals surface area contributed by atoms with Crippen molar-refractivity contribution in [3.63, 3.8) is 0 Å². The van der Waals surface area contributed by atoms with Crippen LogP contribution in [0.15, 0.2) is 22.6 Å². The molecule has 0 N–H and O–H groups in total. The second-order valence-corrected chi connectivity index (χ2v) is 6.69. The first-order valence-electron chi connectivity index (χ1n) is 9.47. The van der Waals surface area contributed by atoms with Crippen molar-refractivity contribution >= 4 is 23.0 Å². The van der Waals surface area contributed by atoms with E-state index < -0.39 is 0 Å². The smallest absolute Gasteiger partial charge is 0.307 e. The highest BCUT2D eigenvalue weighted by molar-refractivity contribution is 5.97. The van der Waals surface area contributed by atoms with Gasteiger partial charge in [-0.15, -0.1) is 0 Å². The third kappa shape index (κ3) is 4.66. The molecular weight excluding hydrogens is 348 g/mol. The van der Waals surface area contributed by atoms with E-state index in [-0.39, 0.29) is 24.3 Å². The van der Waals surface area contributed by atoms with Gasteiger partial charge >= 0.3 is 5.97 Å². The molecule has 1 fully saturated rings. The van der Waals surface area contributed by atoms with Gasteiger partial charge in [0.05, 0.1) is 19.6 Å². The summed E-state index contributed by atoms with van der Waals surface area (Å²) in [6, 6.07) is 5.18. The van der Waals surface area contributed by atoms with E-state index in [2.05, 4.69) is 4.98 Å². The predicted molar refractivity (Wildman–Crippen MR) is 99.5 cm³/mol. The lowest BCUT2D eigenvalue weighted by Gasteiger charge is -2.35. The van der Waals surface area contributed by atoms with Crippen LogP contribution >= 0.6 is 0 Å². The van der Waals surface area contributed by atoms with Gasteiger partial charge in [0, 0.05) is 31.7 Å². The molecule has 1 atom stereocenters. The Morgan fingerprint density at radius 2 is 2.19 bits per heavy atom. The van der Waals surface area contributed by atoms with Gasteiger partial charge in [-0.05, 0) is 44.4 Å². The van der Waals surface area contributed by atoms with Crippen molar-refractivity contribution in [2.24, 2.45) is 0 Å². The fraction of sp³-hybridized carbons (Fsp3) is 0.550. The number of carbonyl (C=O) groups is 2. The second-order valence-electron chi connectivity index (χ2n) is 6.69. The molecule has 0 bridgehead atoms. The number of aromatic nitrogens is 1. The molecule has 1 saturated heterocycles. The minimum Gasteiger partial charge on any atom is -0.466 e. The lowest BCUT2D eigenvalue weighted by molar-refractivity contribution is -0.144. The molecule has 3 rings (SSSR count). The summed E-state index contributed by atoms with van der Waals surface area (Å²) in [5.74, 6) is 0.256. The molecule has 0 saturated carbocycles. The Morgan fingerprint density at radius 3 is 2.96 bits per heavy atom. The van der Waals surface area contributed by atoms with Crippen LogP contribution < -0.4 is 0 Å². The number of likely N-dealkylation sites (tertiary alicyclic amines) is 1. The zero-order valence-corrected chi connectivity index (χ0v) is 15.9. The summed E-state index contributed by atoms with van der Waals surface area (Å²) < 4.78 is 15.8. The summed E-state index contributed by atoms with van der Waals surface area (Å²) in [5, 5.41) is 0. The number of hydrogen-bond donors (Lipinski definition) is 0. The van der Waals surface area contributed by atoms with Crippen molar-refractivity contribution in [1.29, 1.82) is 0 Å². The van der Waals surface area contributed by atoms with Gasteiger partial charge in [0.15, 0.2) is 11.5 Å². The maximum atomic E-state index is 13.1. The lowest BCUT2D eigenvalue weighted by Crippen LogP contribution is -2.45. The van der Waals surface area contributed by atoms with Crippen LogP contribution in [0.3, 0.4) is 0 Å². The third-order valence-electron chi connectivity index (χ3n) is 4.80. The van der Waals surface area contributed by atoms with Crippen LogP contribution in [0.25, 0.3) is 11.1 Å². The van der Waals surface area contributed by atoms with Crippen molar-refractivity contribution in [1.82, 2.24) is 9.88 Å². The molecule has 1 aromatic heterocycles. The van der Waals surface area contributed by atoms with Crippen LogP contribution in [0.5, 0.6) is 0 Å². The summed E-state index contributed by atoms with van der Waals surface area (Å²) in [4.78, 5) is 31.2. The van der Waals surface area contributed by atoms with Crippen LogP contribution in [-0.2, 0) is 20.7 Å². The van der Waals surface area contributed by atoms with Crippen molar-refractivity contribution in [2.75, 3.05) is 26.9 Å². The number of amides is 1. The molecule has 7 heteroatoms. The Hall–Kier alpha value is -2.41. The van der Waals surface area contributed by atoms with E-state index in [1.54, 1.807) is 37.1 Å². The number of piperidine rings is 1. The summed E-state index contributed by atoms with van der Waals surface area (Å²) >= 11 is 0. The molecule has 1 aliphatic heterocycles. The number of carbonyl (C=O) groups excluding carboxylic acids is 2. The Kier molecular flexibility index (Phi) is 6.45. The molecule has 0 radical (unpaired) electrons. The summed E-state index contributed by atoms with van der Waals surface area (Å²) in [6.07, 6.45) is 3.60. The number of esters is 1. The molecule has 0 spiro atoms. The Balaban J connectivity index is 1.77. The monoisotopic (exact) mass is 374 g/mol. The first-order chi connectivity index (χ1) is 13.1. The van der Waals surface area contributed by atoms with Gasteiger partial charge in [0.2, 0.25) is 0 Å². The first kappa shape index (κ1) is 19.4. The van der Waals surface area contributed by atoms with Crippen molar-refractivity contribution in [3.05, 3.63) is 29.7 Å². The molecule has 0 aliphatic carbocycles. The van der Waals surface area contributed by atoms with E-state index in [1.807, 2.05) is 0 Å². The van der Waals surface area contributed by atoms with Crippen LogP contribution in [0.2, 0.25) is 0 Å². The Bertz CT molecular complexity index is 801. The Labute approximate surface area is 158 Å². The standard InChI is InChI=1S/C20H26N2O5/c1-3-26-19(23)13-15-6-4-5-10-22(15)20(24)14-7-8-16-17(12-14)27-18(21-16)9-11-25-2/h7-8,12,15H,3-6,9-11,13H2,1-2H3/t15-/m0/s1. The number of nitrogens with zero attached hydrogens (tertiary/aromatic N) is 2. The molecule has 146 valence electrons. The number of benzene rings is 1. The van der Waals surface area contributed by atoms with Crippen LogP contribution in [0.4, 0.5) is 0 Å². The van der Waals surface area contributed by atoms with Crippen LogP contribution in [0, 0.1) is 0 Å². The van der Waals surface area contributed by atoms with Gasteiger partial charge in [0.1, 0.15) is 5.52 Å². The van der Waals surface area contributed by atoms with Crippen molar-refractivity contribution in [3.8, 4) is 0 Å². The van der Waals surface area contributed by atoms with E-state index in [9.17, 15) is 9.59 Å². The number of ether oxygens (including phenoxy) is 2. The van der Waals surface area contributed by atoms with E-state index in [0.717, 1.165) is 24.8 Å².